The van der Waals surface area contributed by atoms with E-state index in [9.17, 15) is 42.0 Å². The molecule has 1 saturated heterocycles. The quantitative estimate of drug-likeness (QED) is 0.0357. The first-order valence-electron chi connectivity index (χ1n) is 32.6. The van der Waals surface area contributed by atoms with Gasteiger partial charge in [-0.2, -0.15) is 0 Å². The van der Waals surface area contributed by atoms with Crippen molar-refractivity contribution in [3.63, 3.8) is 0 Å². The number of benzene rings is 2. The molecule has 2 aromatic carbocycles. The number of ketones is 1. The molecule has 2 aliphatic rings. The Morgan fingerprint density at radius 3 is 1.87 bits per heavy atom. The molecule has 2 heterocycles. The highest BCUT2D eigenvalue weighted by Gasteiger charge is 2.44. The Hall–Kier alpha value is -5.02. The molecular formula is C67H104Br2N8O14S. The summed E-state index contributed by atoms with van der Waals surface area (Å²) in [5.41, 5.74) is 4.51. The maximum atomic E-state index is 14.4. The molecule has 3 N–H and O–H groups in total. The Balaban J connectivity index is 0.000000486. The van der Waals surface area contributed by atoms with E-state index >= 15 is 0 Å². The van der Waals surface area contributed by atoms with Gasteiger partial charge >= 0.3 is 0 Å². The largest absolute Gasteiger partial charge is 0.379 e. The smallest absolute Gasteiger partial charge is 0.256 e. The molecule has 92 heavy (non-hydrogen) atoms. The molecule has 5 rings (SSSR count). The predicted molar refractivity (Wildman–Crippen MR) is 362 cm³/mol. The number of nitrogens with zero attached hydrogens (tertiary/aromatic N) is 5. The fourth-order valence-electron chi connectivity index (χ4n) is 11.5. The third-order valence-electron chi connectivity index (χ3n) is 17.4. The number of sulfonamides is 1. The van der Waals surface area contributed by atoms with Gasteiger partial charge < -0.3 is 49.0 Å². The van der Waals surface area contributed by atoms with Gasteiger partial charge in [0.1, 0.15) is 6.04 Å². The van der Waals surface area contributed by atoms with Crippen molar-refractivity contribution < 1.29 is 65.7 Å². The second-order valence-corrected chi connectivity index (χ2v) is 27.7. The summed E-state index contributed by atoms with van der Waals surface area (Å²) in [6.45, 7) is 24.3. The number of halogens is 2. The van der Waals surface area contributed by atoms with Gasteiger partial charge in [-0.15, -0.1) is 0 Å². The number of methoxy groups -OCH3 is 1. The van der Waals surface area contributed by atoms with Gasteiger partial charge in [0, 0.05) is 94.3 Å². The van der Waals surface area contributed by atoms with Gasteiger partial charge in [0.05, 0.1) is 98.5 Å². The number of fused-ring (bicyclic) bond motifs is 1. The van der Waals surface area contributed by atoms with Crippen molar-refractivity contribution in [1.29, 1.82) is 0 Å². The van der Waals surface area contributed by atoms with Crippen LogP contribution in [0.1, 0.15) is 148 Å². The summed E-state index contributed by atoms with van der Waals surface area (Å²) >= 11 is 6.86. The number of carbonyl (C=O) groups excluding carboxylic acids is 7. The van der Waals surface area contributed by atoms with Crippen LogP contribution in [-0.2, 0) is 79.6 Å². The lowest BCUT2D eigenvalue weighted by atomic mass is 9.83. The molecule has 6 amide bonds. The Labute approximate surface area is 563 Å². The minimum atomic E-state index is -3.84. The van der Waals surface area contributed by atoms with E-state index in [2.05, 4.69) is 57.2 Å². The Morgan fingerprint density at radius 1 is 0.728 bits per heavy atom. The summed E-state index contributed by atoms with van der Waals surface area (Å²) in [5, 5.41) is 6.32. The van der Waals surface area contributed by atoms with Crippen LogP contribution in [-0.4, -0.2) is 197 Å². The number of hydrogen-bond acceptors (Lipinski definition) is 16. The number of carbonyl (C=O) groups is 7. The highest BCUT2D eigenvalue weighted by Crippen LogP contribution is 2.33. The van der Waals surface area contributed by atoms with Crippen LogP contribution in [0.2, 0.25) is 0 Å². The van der Waals surface area contributed by atoms with Crippen molar-refractivity contribution in [2.75, 3.05) is 87.1 Å². The molecule has 1 aliphatic heterocycles. The second-order valence-electron chi connectivity index (χ2n) is 24.7. The van der Waals surface area contributed by atoms with E-state index in [4.69, 9.17) is 23.7 Å². The number of aromatic nitrogens is 2. The number of amides is 6. The van der Waals surface area contributed by atoms with Gasteiger partial charge in [-0.1, -0.05) is 131 Å². The fraction of sp³-hybridized carbons (Fsp3) is 0.687. The zero-order valence-corrected chi connectivity index (χ0v) is 60.5. The summed E-state index contributed by atoms with van der Waals surface area (Å²) in [6, 6.07) is 11.8. The minimum absolute atomic E-state index is 0.00760. The van der Waals surface area contributed by atoms with Crippen molar-refractivity contribution >= 4 is 94.1 Å². The van der Waals surface area contributed by atoms with E-state index in [0.29, 0.717) is 113 Å². The van der Waals surface area contributed by atoms with E-state index in [1.54, 1.807) is 45.0 Å². The van der Waals surface area contributed by atoms with Gasteiger partial charge in [0.25, 0.3) is 11.8 Å². The SMILES string of the molecule is CCC(=O)N(C)[C@H](C(=O)C[C@H](C(=O)N(C)[C@@H]([C@@H](C)CC)[C@@H](CC(=O)N1CCC[C@H]1[C@H](C)[C@@H](C)C(=O)N[C@@H](Cc1ccccc1)C(=O)NS(=O)(=O)C1CC1)OC)C(C)C)C(C)C.CCOCCOCCOCCOCCNC(=O)c1ccc2nc(CBr)c(CBr)nc2c1. The molecule has 0 unspecified atom stereocenters. The number of hydrogen-bond donors (Lipinski definition) is 3. The van der Waals surface area contributed by atoms with E-state index in [-0.39, 0.29) is 84.8 Å². The third kappa shape index (κ3) is 24.3. The van der Waals surface area contributed by atoms with Gasteiger partial charge in [-0.3, -0.25) is 38.3 Å². The number of Topliss-reactive ketones (excluding diaryl/α,β-unsaturated/α-hetero) is 1. The molecule has 516 valence electrons. The molecule has 1 aliphatic carbocycles. The van der Waals surface area contributed by atoms with Crippen molar-refractivity contribution in [2.24, 2.45) is 35.5 Å². The van der Waals surface area contributed by atoms with E-state index in [1.165, 1.54) is 12.0 Å². The molecule has 9 atom stereocenters. The standard InChI is InChI=1S/C46H75N5O9S.C21H29Br2N3O5/c1-13-30(7)43(50(11)46(57)35(28(3)4)26-38(52)42(29(5)6)49(10)40(53)14-2)39(60-12)27-41(54)51-24-18-21-37(51)31(8)32(9)44(55)47-36(25-33-19-16-15-17-20-33)45(56)48-61(58,59)34-22-23-34;1-2-28-7-8-30-11-12-31-10-9-29-6-5-24-21(27)16-3-4-17-18(13-16)26-20(15-23)19(14-22)25-17/h15-17,19-20,28-32,34-37,39,42-43H,13-14,18,21-27H2,1-12H3,(H,47,55)(H,48,56);3-4,13H,2,5-12,14-15H2,1H3,(H,24,27)/t30-,31+,32+,35-,36-,37-,39+,42-,43-;/m0./s1. The average Bonchev–Trinajstić information content (AvgIpc) is 1.15. The Bertz CT molecular complexity index is 2940. The number of rotatable bonds is 40. The first-order chi connectivity index (χ1) is 43.8. The van der Waals surface area contributed by atoms with Crippen molar-refractivity contribution in [1.82, 2.24) is 40.0 Å². The number of likely N-dealkylation sites (N-methyl/N-ethyl adjacent to an activating group) is 2. The average molecular weight is 1440 g/mol. The van der Waals surface area contributed by atoms with E-state index in [0.717, 1.165) is 28.9 Å². The highest BCUT2D eigenvalue weighted by atomic mass is 79.9. The number of alkyl halides is 2. The highest BCUT2D eigenvalue weighted by molar-refractivity contribution is 9.09. The summed E-state index contributed by atoms with van der Waals surface area (Å²) in [7, 11) is 1.06. The van der Waals surface area contributed by atoms with Crippen LogP contribution in [0, 0.1) is 35.5 Å². The van der Waals surface area contributed by atoms with Crippen LogP contribution < -0.4 is 15.4 Å². The monoisotopic (exact) mass is 1430 g/mol. The Kier molecular flexibility index (Phi) is 34.9. The zero-order chi connectivity index (χ0) is 68.2. The van der Waals surface area contributed by atoms with Crippen LogP contribution in [0.5, 0.6) is 0 Å². The molecule has 3 aromatic rings. The lowest BCUT2D eigenvalue weighted by Gasteiger charge is -2.41. The molecule has 1 saturated carbocycles. The Morgan fingerprint density at radius 2 is 1.33 bits per heavy atom. The first kappa shape index (κ1) is 79.4. The fourth-order valence-corrected chi connectivity index (χ4v) is 13.8. The number of nitrogens with one attached hydrogen (secondary N) is 3. The lowest BCUT2D eigenvalue weighted by Crippen LogP contribution is -2.54. The summed E-state index contributed by atoms with van der Waals surface area (Å²) in [6.07, 6.45) is 2.76. The molecule has 1 aromatic heterocycles. The minimum Gasteiger partial charge on any atom is -0.379 e. The maximum absolute atomic E-state index is 14.4. The number of likely N-dealkylation sites (tertiary alicyclic amines) is 1. The molecule has 25 heteroatoms. The second kappa shape index (κ2) is 40.4. The van der Waals surface area contributed by atoms with Gasteiger partial charge in [-0.05, 0) is 80.0 Å². The first-order valence-corrected chi connectivity index (χ1v) is 36.4. The summed E-state index contributed by atoms with van der Waals surface area (Å²) in [4.78, 5) is 109. The van der Waals surface area contributed by atoms with Crippen LogP contribution in [0.25, 0.3) is 11.0 Å². The van der Waals surface area contributed by atoms with Crippen LogP contribution in [0.3, 0.4) is 0 Å². The predicted octanol–water partition coefficient (Wildman–Crippen LogP) is 8.22. The van der Waals surface area contributed by atoms with Crippen LogP contribution in [0.15, 0.2) is 48.5 Å². The third-order valence-corrected chi connectivity index (χ3v) is 20.3. The molecular weight excluding hydrogens is 1330 g/mol. The molecule has 2 fully saturated rings. The normalized spacial score (nSPS) is 16.8. The van der Waals surface area contributed by atoms with Crippen molar-refractivity contribution in [3.8, 4) is 0 Å². The van der Waals surface area contributed by atoms with Gasteiger partial charge in [0.15, 0.2) is 5.78 Å². The van der Waals surface area contributed by atoms with Gasteiger partial charge in [0.2, 0.25) is 33.7 Å². The number of ether oxygens (including phenoxy) is 5. The molecule has 0 spiro atoms. The lowest BCUT2D eigenvalue weighted by molar-refractivity contribution is -0.149. The van der Waals surface area contributed by atoms with Crippen molar-refractivity contribution in [3.05, 3.63) is 71.0 Å². The molecule has 0 bridgehead atoms. The maximum Gasteiger partial charge on any atom is 0.256 e. The van der Waals surface area contributed by atoms with E-state index in [1.807, 2.05) is 96.7 Å². The van der Waals surface area contributed by atoms with Gasteiger partial charge in [-0.25, -0.2) is 18.4 Å². The van der Waals surface area contributed by atoms with Crippen LogP contribution >= 0.6 is 31.9 Å². The topological polar surface area (TPSA) is 271 Å². The summed E-state index contributed by atoms with van der Waals surface area (Å²) in [5.74, 6) is -4.02. The summed E-state index contributed by atoms with van der Waals surface area (Å²) < 4.78 is 55.0. The molecule has 22 nitrogen and oxygen atoms in total. The van der Waals surface area contributed by atoms with E-state index < -0.39 is 63.2 Å². The molecule has 0 radical (unpaired) electrons. The zero-order valence-electron chi connectivity index (χ0n) is 56.5. The van der Waals surface area contributed by atoms with Crippen molar-refractivity contribution in [2.45, 2.75) is 173 Å². The van der Waals surface area contributed by atoms with Crippen LogP contribution in [0.4, 0.5) is 0 Å².